The van der Waals surface area contributed by atoms with Crippen LogP contribution in [0.2, 0.25) is 0 Å². The molecule has 234 valence electrons. The van der Waals surface area contributed by atoms with E-state index in [2.05, 4.69) is 10.3 Å². The summed E-state index contributed by atoms with van der Waals surface area (Å²) in [6, 6.07) is 22.3. The van der Waals surface area contributed by atoms with Crippen LogP contribution >= 0.6 is 23.1 Å². The van der Waals surface area contributed by atoms with Crippen LogP contribution in [0.3, 0.4) is 0 Å². The third kappa shape index (κ3) is 4.59. The molecule has 4 aliphatic rings. The maximum atomic E-state index is 14.1. The number of fused-ring (bicyclic) bond motifs is 9. The van der Waals surface area contributed by atoms with Crippen molar-refractivity contribution in [3.05, 3.63) is 98.5 Å². The van der Waals surface area contributed by atoms with Crippen molar-refractivity contribution in [2.45, 2.75) is 29.5 Å². The third-order valence-electron chi connectivity index (χ3n) is 9.97. The minimum absolute atomic E-state index is 0.00284. The Hall–Kier alpha value is -4.35. The summed E-state index contributed by atoms with van der Waals surface area (Å²) < 4.78 is 11.5. The van der Waals surface area contributed by atoms with Gasteiger partial charge in [0.05, 0.1) is 29.7 Å². The summed E-state index contributed by atoms with van der Waals surface area (Å²) in [6.45, 7) is 1.78. The predicted octanol–water partition coefficient (Wildman–Crippen LogP) is 5.45. The summed E-state index contributed by atoms with van der Waals surface area (Å²) in [4.78, 5) is 58.8. The summed E-state index contributed by atoms with van der Waals surface area (Å²) in [7, 11) is 1.58. The Morgan fingerprint density at radius 1 is 0.978 bits per heavy atom. The van der Waals surface area contributed by atoms with Gasteiger partial charge in [-0.15, -0.1) is 11.8 Å². The summed E-state index contributed by atoms with van der Waals surface area (Å²) in [6.07, 6.45) is 0.781. The number of ether oxygens (including phenoxy) is 2. The van der Waals surface area contributed by atoms with E-state index in [1.165, 1.54) is 16.2 Å². The maximum absolute atomic E-state index is 14.1. The Morgan fingerprint density at radius 2 is 1.74 bits per heavy atom. The molecule has 2 bridgehead atoms. The van der Waals surface area contributed by atoms with Crippen LogP contribution in [0, 0.1) is 36.5 Å². The first-order valence-electron chi connectivity index (χ1n) is 15.3. The highest BCUT2D eigenvalue weighted by molar-refractivity contribution is 8.00. The van der Waals surface area contributed by atoms with Gasteiger partial charge < -0.3 is 19.8 Å². The number of methoxy groups -OCH3 is 1. The highest BCUT2D eigenvalue weighted by Crippen LogP contribution is 2.69. The van der Waals surface area contributed by atoms with Crippen LogP contribution in [0.25, 0.3) is 0 Å². The number of thiazole rings is 1. The minimum atomic E-state index is -0.422. The number of nitrogens with one attached hydrogen (secondary N) is 2. The molecule has 4 aromatic rings. The van der Waals surface area contributed by atoms with Gasteiger partial charge in [-0.05, 0) is 79.1 Å². The van der Waals surface area contributed by atoms with Crippen LogP contribution in [-0.4, -0.2) is 41.7 Å². The van der Waals surface area contributed by atoms with Crippen molar-refractivity contribution >= 4 is 52.2 Å². The van der Waals surface area contributed by atoms with Crippen LogP contribution < -0.4 is 24.6 Å². The molecule has 0 unspecified atom stereocenters. The molecule has 0 radical (unpaired) electrons. The number of rotatable bonds is 7. The molecule has 2 aliphatic heterocycles. The molecule has 3 amide bonds. The second-order valence-corrected chi connectivity index (χ2v) is 14.6. The van der Waals surface area contributed by atoms with Gasteiger partial charge in [0, 0.05) is 27.3 Å². The lowest BCUT2D eigenvalue weighted by atomic mass is 9.68. The lowest BCUT2D eigenvalue weighted by Crippen LogP contribution is -2.42. The Kier molecular flexibility index (Phi) is 7.06. The number of aromatic amines is 1. The van der Waals surface area contributed by atoms with E-state index < -0.39 is 11.8 Å². The molecule has 1 aromatic heterocycles. The molecule has 11 heteroatoms. The third-order valence-corrected chi connectivity index (χ3v) is 12.6. The van der Waals surface area contributed by atoms with Crippen molar-refractivity contribution in [2.75, 3.05) is 23.9 Å². The predicted molar refractivity (Wildman–Crippen MR) is 176 cm³/mol. The number of carbonyl (C=O) groups excluding carboxylic acids is 3. The number of carbonyl (C=O) groups is 3. The van der Waals surface area contributed by atoms with E-state index in [4.69, 9.17) is 9.47 Å². The number of aryl methyl sites for hydroxylation is 1. The number of anilines is 2. The molecule has 3 aromatic carbocycles. The van der Waals surface area contributed by atoms with Gasteiger partial charge in [-0.1, -0.05) is 41.7 Å². The number of amides is 3. The average molecular weight is 654 g/mol. The first kappa shape index (κ1) is 29.1. The van der Waals surface area contributed by atoms with Gasteiger partial charge in [-0.25, -0.2) is 0 Å². The number of benzene rings is 3. The minimum Gasteiger partial charge on any atom is -0.497 e. The van der Waals surface area contributed by atoms with Gasteiger partial charge in [0.15, 0.2) is 6.61 Å². The van der Waals surface area contributed by atoms with E-state index in [1.807, 2.05) is 55.5 Å². The van der Waals surface area contributed by atoms with E-state index in [9.17, 15) is 19.2 Å². The molecule has 3 fully saturated rings. The zero-order valence-corrected chi connectivity index (χ0v) is 26.7. The molecule has 9 nitrogen and oxygen atoms in total. The van der Waals surface area contributed by atoms with Crippen LogP contribution in [0.1, 0.15) is 28.3 Å². The zero-order chi connectivity index (χ0) is 31.7. The van der Waals surface area contributed by atoms with E-state index in [0.29, 0.717) is 22.9 Å². The normalized spacial score (nSPS) is 27.3. The van der Waals surface area contributed by atoms with Crippen LogP contribution in [0.4, 0.5) is 11.4 Å². The Bertz CT molecular complexity index is 1940. The number of aromatic nitrogens is 1. The fraction of sp³-hybridized carbons (Fsp3) is 0.314. The van der Waals surface area contributed by atoms with Crippen molar-refractivity contribution in [1.82, 2.24) is 4.98 Å². The molecule has 3 heterocycles. The molecule has 8 rings (SSSR count). The van der Waals surface area contributed by atoms with Crippen LogP contribution in [-0.2, 0) is 14.4 Å². The molecule has 7 atom stereocenters. The average Bonchev–Trinajstić information content (AvgIpc) is 3.79. The lowest BCUT2D eigenvalue weighted by molar-refractivity contribution is -0.123. The number of para-hydroxylation sites is 1. The Balaban J connectivity index is 1.12. The fourth-order valence-electron chi connectivity index (χ4n) is 8.28. The summed E-state index contributed by atoms with van der Waals surface area (Å²) in [5.74, 6) is -0.426. The molecular formula is C35H31N3O6S2. The number of H-pyrrole nitrogens is 1. The molecule has 2 N–H and O–H groups in total. The number of hydrogen-bond donors (Lipinski definition) is 2. The van der Waals surface area contributed by atoms with Crippen molar-refractivity contribution in [2.24, 2.45) is 29.6 Å². The van der Waals surface area contributed by atoms with Crippen molar-refractivity contribution in [3.8, 4) is 11.5 Å². The first-order valence-corrected chi connectivity index (χ1v) is 17.0. The number of imide groups is 1. The fourth-order valence-corrected chi connectivity index (χ4v) is 11.2. The molecule has 2 saturated carbocycles. The lowest BCUT2D eigenvalue weighted by Gasteiger charge is -2.43. The number of nitrogens with zero attached hydrogens (tertiary/aromatic N) is 1. The quantitative estimate of drug-likeness (QED) is 0.255. The molecule has 46 heavy (non-hydrogen) atoms. The van der Waals surface area contributed by atoms with Gasteiger partial charge in [-0.2, -0.15) is 0 Å². The van der Waals surface area contributed by atoms with Crippen LogP contribution in [0.5, 0.6) is 11.5 Å². The van der Waals surface area contributed by atoms with Crippen molar-refractivity contribution in [3.63, 3.8) is 0 Å². The van der Waals surface area contributed by atoms with Gasteiger partial charge >= 0.3 is 4.87 Å². The monoisotopic (exact) mass is 653 g/mol. The van der Waals surface area contributed by atoms with E-state index in [0.717, 1.165) is 27.5 Å². The standard InChI is InChI=1S/C35H31N3O6S2/c1-17-6-5-7-18(14-17)36-25(39)16-44-24-9-4-3-8-21(24)26-27-22-15-23(30(27)45-32-31(26)46-35(42)37-32)29-28(22)33(40)38(34(29)41)19-10-12-20(43-2)13-11-19/h3-14,22-23,26-30H,15-16H2,1-2H3,(H,36,39)(H,37,42)/t22-,23-,26+,27-,28+,29+,30-/m1/s1. The first-order chi connectivity index (χ1) is 22.3. The highest BCUT2D eigenvalue weighted by Gasteiger charge is 2.69. The Labute approximate surface area is 273 Å². The van der Waals surface area contributed by atoms with Gasteiger partial charge in [0.1, 0.15) is 11.5 Å². The highest BCUT2D eigenvalue weighted by atomic mass is 32.2. The SMILES string of the molecule is COc1ccc(N2C(=O)[C@H]3[C@H]4C[C@@H]([C@@H]3C2=O)[C@@H]2[C@H](c3ccccc3OCC(=O)Nc3cccc(C)c3)c3sc(=O)[nH]c3S[C@H]42)cc1. The smallest absolute Gasteiger partial charge is 0.305 e. The molecule has 0 spiro atoms. The number of thioether (sulfide) groups is 1. The topological polar surface area (TPSA) is 118 Å². The zero-order valence-electron chi connectivity index (χ0n) is 25.1. The van der Waals surface area contributed by atoms with Gasteiger partial charge in [0.2, 0.25) is 11.8 Å². The summed E-state index contributed by atoms with van der Waals surface area (Å²) in [5, 5.41) is 3.76. The van der Waals surface area contributed by atoms with Crippen molar-refractivity contribution < 1.29 is 23.9 Å². The summed E-state index contributed by atoms with van der Waals surface area (Å²) >= 11 is 2.83. The largest absolute Gasteiger partial charge is 0.497 e. The maximum Gasteiger partial charge on any atom is 0.305 e. The molecular weight excluding hydrogens is 623 g/mol. The Morgan fingerprint density at radius 3 is 2.50 bits per heavy atom. The van der Waals surface area contributed by atoms with Gasteiger partial charge in [-0.3, -0.25) is 24.1 Å². The second-order valence-electron chi connectivity index (χ2n) is 12.4. The van der Waals surface area contributed by atoms with E-state index in [1.54, 1.807) is 43.1 Å². The molecule has 2 aliphatic carbocycles. The van der Waals surface area contributed by atoms with Crippen LogP contribution in [0.15, 0.2) is 82.6 Å². The van der Waals surface area contributed by atoms with E-state index >= 15 is 0 Å². The van der Waals surface area contributed by atoms with Crippen molar-refractivity contribution in [1.29, 1.82) is 0 Å². The molecule has 1 saturated heterocycles. The van der Waals surface area contributed by atoms with Gasteiger partial charge in [0.25, 0.3) is 5.91 Å². The summed E-state index contributed by atoms with van der Waals surface area (Å²) in [5.41, 5.74) is 3.18. The number of hydrogen-bond acceptors (Lipinski definition) is 8. The second kappa shape index (κ2) is 11.2. The van der Waals surface area contributed by atoms with E-state index in [-0.39, 0.29) is 58.1 Å².